The van der Waals surface area contributed by atoms with Gasteiger partial charge in [0.15, 0.2) is 0 Å². The molecule has 0 radical (unpaired) electrons. The number of carbonyl (C=O) groups excluding carboxylic acids is 2. The lowest BCUT2D eigenvalue weighted by atomic mass is 10.1. The van der Waals surface area contributed by atoms with Crippen LogP contribution in [-0.4, -0.2) is 50.9 Å². The minimum atomic E-state index is -4.13. The van der Waals surface area contributed by atoms with Crippen LogP contribution in [0.25, 0.3) is 0 Å². The monoisotopic (exact) mass is 551 g/mol. The number of carbonyl (C=O) groups is 2. The van der Waals surface area contributed by atoms with Crippen molar-refractivity contribution < 1.29 is 22.7 Å². The first kappa shape index (κ1) is 29.7. The zero-order chi connectivity index (χ0) is 28.4. The summed E-state index contributed by atoms with van der Waals surface area (Å²) in [5.74, 6) is -0.231. The molecule has 0 unspecified atom stereocenters. The summed E-state index contributed by atoms with van der Waals surface area (Å²) >= 11 is 0. The number of aryl methyl sites for hydroxylation is 1. The molecule has 9 heteroatoms. The Hall–Kier alpha value is -3.85. The highest BCUT2D eigenvalue weighted by Gasteiger charge is 2.32. The number of para-hydroxylation sites is 1. The average Bonchev–Trinajstić information content (AvgIpc) is 2.94. The van der Waals surface area contributed by atoms with Crippen molar-refractivity contribution in [2.45, 2.75) is 51.6 Å². The van der Waals surface area contributed by atoms with E-state index in [0.717, 1.165) is 21.9 Å². The molecule has 208 valence electrons. The van der Waals surface area contributed by atoms with Gasteiger partial charge in [-0.3, -0.25) is 13.9 Å². The molecule has 0 spiro atoms. The predicted octanol–water partition coefficient (Wildman–Crippen LogP) is 4.53. The number of anilines is 1. The first-order valence-corrected chi connectivity index (χ1v) is 14.5. The van der Waals surface area contributed by atoms with Crippen molar-refractivity contribution in [3.8, 4) is 5.75 Å². The van der Waals surface area contributed by atoms with Crippen molar-refractivity contribution in [3.63, 3.8) is 0 Å². The normalized spacial score (nSPS) is 11.9. The van der Waals surface area contributed by atoms with Crippen molar-refractivity contribution in [1.29, 1.82) is 0 Å². The second kappa shape index (κ2) is 13.8. The van der Waals surface area contributed by atoms with E-state index >= 15 is 0 Å². The third-order valence-electron chi connectivity index (χ3n) is 6.36. The maximum atomic E-state index is 13.9. The molecule has 0 bridgehead atoms. The van der Waals surface area contributed by atoms with Gasteiger partial charge >= 0.3 is 0 Å². The van der Waals surface area contributed by atoms with E-state index in [9.17, 15) is 18.0 Å². The molecule has 0 saturated heterocycles. The Kier molecular flexibility index (Phi) is 10.5. The maximum absolute atomic E-state index is 13.9. The van der Waals surface area contributed by atoms with E-state index < -0.39 is 28.5 Å². The third kappa shape index (κ3) is 7.60. The van der Waals surface area contributed by atoms with Gasteiger partial charge in [0.1, 0.15) is 18.3 Å². The van der Waals surface area contributed by atoms with E-state index in [4.69, 9.17) is 4.74 Å². The van der Waals surface area contributed by atoms with Gasteiger partial charge in [-0.15, -0.1) is 0 Å². The molecular weight excluding hydrogens is 514 g/mol. The molecule has 0 aliphatic carbocycles. The fourth-order valence-electron chi connectivity index (χ4n) is 4.07. The number of nitrogens with zero attached hydrogens (tertiary/aromatic N) is 2. The van der Waals surface area contributed by atoms with Gasteiger partial charge in [-0.25, -0.2) is 8.42 Å². The van der Waals surface area contributed by atoms with Gasteiger partial charge in [0, 0.05) is 13.1 Å². The number of hydrogen-bond donors (Lipinski definition) is 1. The fourth-order valence-corrected chi connectivity index (χ4v) is 5.49. The number of ether oxygens (including phenoxy) is 1. The summed E-state index contributed by atoms with van der Waals surface area (Å²) in [6.45, 7) is 8.02. The molecule has 8 nitrogen and oxygen atoms in total. The minimum Gasteiger partial charge on any atom is -0.494 e. The molecule has 0 aliphatic heterocycles. The fraction of sp³-hybridized carbons (Fsp3) is 0.333. The summed E-state index contributed by atoms with van der Waals surface area (Å²) < 4.78 is 34.2. The smallest absolute Gasteiger partial charge is 0.264 e. The van der Waals surface area contributed by atoms with Crippen LogP contribution < -0.4 is 14.4 Å². The van der Waals surface area contributed by atoms with E-state index in [1.807, 2.05) is 45.0 Å². The van der Waals surface area contributed by atoms with Crippen LogP contribution in [0.3, 0.4) is 0 Å². The number of sulfonamides is 1. The van der Waals surface area contributed by atoms with E-state index in [2.05, 4.69) is 5.32 Å². The van der Waals surface area contributed by atoms with Gasteiger partial charge in [-0.1, -0.05) is 49.4 Å². The molecular formula is C30H37N3O5S. The Labute approximate surface area is 231 Å². The van der Waals surface area contributed by atoms with Crippen molar-refractivity contribution >= 4 is 27.5 Å². The van der Waals surface area contributed by atoms with Gasteiger partial charge in [-0.05, 0) is 74.7 Å². The van der Waals surface area contributed by atoms with Crippen LogP contribution in [-0.2, 0) is 26.2 Å². The van der Waals surface area contributed by atoms with Crippen molar-refractivity contribution in [2.75, 3.05) is 24.0 Å². The number of hydrogen-bond acceptors (Lipinski definition) is 5. The van der Waals surface area contributed by atoms with Gasteiger partial charge in [0.25, 0.3) is 10.0 Å². The van der Waals surface area contributed by atoms with Crippen LogP contribution in [0.2, 0.25) is 0 Å². The molecule has 1 N–H and O–H groups in total. The highest BCUT2D eigenvalue weighted by Crippen LogP contribution is 2.26. The molecule has 0 aliphatic rings. The Morgan fingerprint density at radius 3 is 2.18 bits per heavy atom. The molecule has 0 aromatic heterocycles. The molecule has 0 heterocycles. The van der Waals surface area contributed by atoms with E-state index in [1.165, 1.54) is 17.0 Å². The SMILES string of the molecule is CCCNC(=O)[C@@H](C)N(Cc1ccccc1C)C(=O)CN(c1ccccc1)S(=O)(=O)c1ccc(OCC)cc1. The average molecular weight is 552 g/mol. The quantitative estimate of drug-likeness (QED) is 0.337. The molecule has 0 saturated carbocycles. The molecule has 0 fully saturated rings. The molecule has 3 aromatic rings. The topological polar surface area (TPSA) is 96.0 Å². The summed E-state index contributed by atoms with van der Waals surface area (Å²) in [4.78, 5) is 28.3. The maximum Gasteiger partial charge on any atom is 0.264 e. The zero-order valence-corrected chi connectivity index (χ0v) is 23.8. The first-order valence-electron chi connectivity index (χ1n) is 13.1. The molecule has 1 atom stereocenters. The zero-order valence-electron chi connectivity index (χ0n) is 23.0. The van der Waals surface area contributed by atoms with Crippen LogP contribution in [0.5, 0.6) is 5.75 Å². The van der Waals surface area contributed by atoms with Crippen LogP contribution in [0.4, 0.5) is 5.69 Å². The second-order valence-electron chi connectivity index (χ2n) is 9.17. The highest BCUT2D eigenvalue weighted by molar-refractivity contribution is 7.92. The lowest BCUT2D eigenvalue weighted by molar-refractivity contribution is -0.139. The van der Waals surface area contributed by atoms with Crippen LogP contribution in [0.15, 0.2) is 83.8 Å². The third-order valence-corrected chi connectivity index (χ3v) is 8.15. The summed E-state index contributed by atoms with van der Waals surface area (Å²) in [6.07, 6.45) is 0.756. The molecule has 39 heavy (non-hydrogen) atoms. The molecule has 3 rings (SSSR count). The Morgan fingerprint density at radius 1 is 0.923 bits per heavy atom. The molecule has 3 aromatic carbocycles. The Morgan fingerprint density at radius 2 is 1.56 bits per heavy atom. The van der Waals surface area contributed by atoms with E-state index in [1.54, 1.807) is 49.4 Å². The van der Waals surface area contributed by atoms with Gasteiger partial charge in [0.2, 0.25) is 11.8 Å². The summed E-state index contributed by atoms with van der Waals surface area (Å²) in [5, 5.41) is 2.85. The second-order valence-corrected chi connectivity index (χ2v) is 11.0. The van der Waals surface area contributed by atoms with Crippen molar-refractivity contribution in [2.24, 2.45) is 0 Å². The number of amides is 2. The number of benzene rings is 3. The number of nitrogens with one attached hydrogen (secondary N) is 1. The highest BCUT2D eigenvalue weighted by atomic mass is 32.2. The van der Waals surface area contributed by atoms with Gasteiger partial charge < -0.3 is 15.0 Å². The number of rotatable bonds is 13. The van der Waals surface area contributed by atoms with Crippen LogP contribution >= 0.6 is 0 Å². The Balaban J connectivity index is 1.99. The van der Waals surface area contributed by atoms with E-state index in [0.29, 0.717) is 24.6 Å². The Bertz CT molecular complexity index is 1340. The molecule has 2 amide bonds. The van der Waals surface area contributed by atoms with Crippen molar-refractivity contribution in [1.82, 2.24) is 10.2 Å². The lowest BCUT2D eigenvalue weighted by Crippen LogP contribution is -2.51. The van der Waals surface area contributed by atoms with Gasteiger partial charge in [0.05, 0.1) is 17.2 Å². The lowest BCUT2D eigenvalue weighted by Gasteiger charge is -2.32. The largest absolute Gasteiger partial charge is 0.494 e. The minimum absolute atomic E-state index is 0.0294. The van der Waals surface area contributed by atoms with E-state index in [-0.39, 0.29) is 17.3 Å². The van der Waals surface area contributed by atoms with Crippen LogP contribution in [0.1, 0.15) is 38.3 Å². The summed E-state index contributed by atoms with van der Waals surface area (Å²) in [6, 6.07) is 21.4. The van der Waals surface area contributed by atoms with Crippen molar-refractivity contribution in [3.05, 3.63) is 90.0 Å². The predicted molar refractivity (Wildman–Crippen MR) is 153 cm³/mol. The van der Waals surface area contributed by atoms with Crippen LogP contribution in [0, 0.1) is 6.92 Å². The standard InChI is InChI=1S/C30H37N3O5S/c1-5-20-31-30(35)24(4)32(21-25-13-11-10-12-23(25)3)29(34)22-33(26-14-8-7-9-15-26)39(36,37)28-18-16-27(17-19-28)38-6-2/h7-19,24H,5-6,20-22H2,1-4H3,(H,31,35)/t24-/m1/s1. The first-order chi connectivity index (χ1) is 18.7. The summed E-state index contributed by atoms with van der Waals surface area (Å²) in [5.41, 5.74) is 2.19. The summed E-state index contributed by atoms with van der Waals surface area (Å²) in [7, 11) is -4.13. The van der Waals surface area contributed by atoms with Gasteiger partial charge in [-0.2, -0.15) is 0 Å².